The largest absolute Gasteiger partial charge is 0.489 e. The lowest BCUT2D eigenvalue weighted by Crippen LogP contribution is -2.25. The minimum Gasteiger partial charge on any atom is -0.489 e. The fourth-order valence-electron chi connectivity index (χ4n) is 2.63. The van der Waals surface area contributed by atoms with Crippen LogP contribution >= 0.6 is 0 Å². The van der Waals surface area contributed by atoms with Gasteiger partial charge in [0.25, 0.3) is 5.91 Å². The van der Waals surface area contributed by atoms with E-state index in [0.717, 1.165) is 23.4 Å². The van der Waals surface area contributed by atoms with Crippen LogP contribution < -0.4 is 10.1 Å². The lowest BCUT2D eigenvalue weighted by Gasteiger charge is -2.08. The Balaban J connectivity index is 1.49. The van der Waals surface area contributed by atoms with E-state index in [1.807, 2.05) is 32.0 Å². The van der Waals surface area contributed by atoms with E-state index >= 15 is 0 Å². The smallest absolute Gasteiger partial charge is 0.251 e. The first-order chi connectivity index (χ1) is 12.6. The predicted octanol–water partition coefficient (Wildman–Crippen LogP) is 3.84. The summed E-state index contributed by atoms with van der Waals surface area (Å²) in [6, 6.07) is 17.2. The maximum Gasteiger partial charge on any atom is 0.251 e. The number of nitrogens with one attached hydrogen (secondary N) is 1. The van der Waals surface area contributed by atoms with Gasteiger partial charge in [-0.1, -0.05) is 35.5 Å². The SMILES string of the molecule is Cc1noc(C)c1COc1ccc(C(=O)NCCc2ccccc2)cc1. The molecule has 0 radical (unpaired) electrons. The quantitative estimate of drug-likeness (QED) is 0.703. The second-order valence-electron chi connectivity index (χ2n) is 6.11. The number of rotatable bonds is 7. The molecule has 3 rings (SSSR count). The number of nitrogens with zero attached hydrogens (tertiary/aromatic N) is 1. The van der Waals surface area contributed by atoms with Crippen LogP contribution in [-0.2, 0) is 13.0 Å². The third-order valence-corrected chi connectivity index (χ3v) is 4.22. The number of hydrogen-bond acceptors (Lipinski definition) is 4. The molecule has 0 unspecified atom stereocenters. The van der Waals surface area contributed by atoms with Crippen molar-refractivity contribution in [1.82, 2.24) is 10.5 Å². The van der Waals surface area contributed by atoms with Crippen molar-refractivity contribution in [2.75, 3.05) is 6.54 Å². The Morgan fingerprint density at radius 1 is 1.08 bits per heavy atom. The molecule has 0 aliphatic carbocycles. The molecule has 0 saturated heterocycles. The van der Waals surface area contributed by atoms with Gasteiger partial charge in [-0.3, -0.25) is 4.79 Å². The van der Waals surface area contributed by atoms with Crippen LogP contribution in [0.3, 0.4) is 0 Å². The van der Waals surface area contributed by atoms with Gasteiger partial charge in [0.2, 0.25) is 0 Å². The van der Waals surface area contributed by atoms with Gasteiger partial charge in [-0.05, 0) is 50.1 Å². The Morgan fingerprint density at radius 2 is 1.81 bits per heavy atom. The molecule has 5 nitrogen and oxygen atoms in total. The highest BCUT2D eigenvalue weighted by atomic mass is 16.5. The summed E-state index contributed by atoms with van der Waals surface area (Å²) >= 11 is 0. The molecule has 1 N–H and O–H groups in total. The van der Waals surface area contributed by atoms with Crippen molar-refractivity contribution in [2.45, 2.75) is 26.9 Å². The van der Waals surface area contributed by atoms with Gasteiger partial charge < -0.3 is 14.6 Å². The normalized spacial score (nSPS) is 10.5. The number of ether oxygens (including phenoxy) is 1. The molecule has 26 heavy (non-hydrogen) atoms. The minimum absolute atomic E-state index is 0.0850. The van der Waals surface area contributed by atoms with Gasteiger partial charge in [-0.2, -0.15) is 0 Å². The van der Waals surface area contributed by atoms with Gasteiger partial charge >= 0.3 is 0 Å². The summed E-state index contributed by atoms with van der Waals surface area (Å²) in [5.74, 6) is 1.38. The molecule has 0 saturated carbocycles. The summed E-state index contributed by atoms with van der Waals surface area (Å²) in [4.78, 5) is 12.2. The predicted molar refractivity (Wildman–Crippen MR) is 99.2 cm³/mol. The number of benzene rings is 2. The van der Waals surface area contributed by atoms with Gasteiger partial charge in [0.05, 0.1) is 11.3 Å². The van der Waals surface area contributed by atoms with E-state index in [0.29, 0.717) is 24.5 Å². The summed E-state index contributed by atoms with van der Waals surface area (Å²) in [6.07, 6.45) is 0.811. The fraction of sp³-hybridized carbons (Fsp3) is 0.238. The van der Waals surface area contributed by atoms with Crippen LogP contribution in [-0.4, -0.2) is 17.6 Å². The molecule has 1 aromatic heterocycles. The lowest BCUT2D eigenvalue weighted by molar-refractivity contribution is 0.0954. The average Bonchev–Trinajstić information content (AvgIpc) is 2.99. The number of carbonyl (C=O) groups is 1. The maximum atomic E-state index is 12.2. The van der Waals surface area contributed by atoms with Crippen molar-refractivity contribution in [3.05, 3.63) is 82.7 Å². The molecule has 0 spiro atoms. The number of carbonyl (C=O) groups excluding carboxylic acids is 1. The first-order valence-corrected chi connectivity index (χ1v) is 8.60. The Hall–Kier alpha value is -3.08. The van der Waals surface area contributed by atoms with E-state index < -0.39 is 0 Å². The van der Waals surface area contributed by atoms with Gasteiger partial charge in [0, 0.05) is 12.1 Å². The second kappa shape index (κ2) is 8.34. The van der Waals surface area contributed by atoms with Crippen LogP contribution in [0.2, 0.25) is 0 Å². The van der Waals surface area contributed by atoms with Crippen LogP contribution in [0, 0.1) is 13.8 Å². The molecule has 0 aliphatic heterocycles. The van der Waals surface area contributed by atoms with Crippen molar-refractivity contribution in [2.24, 2.45) is 0 Å². The summed E-state index contributed by atoms with van der Waals surface area (Å²) < 4.78 is 10.9. The Kier molecular flexibility index (Phi) is 5.69. The zero-order valence-electron chi connectivity index (χ0n) is 15.0. The monoisotopic (exact) mass is 350 g/mol. The molecule has 3 aromatic rings. The van der Waals surface area contributed by atoms with Crippen molar-refractivity contribution in [3.63, 3.8) is 0 Å². The lowest BCUT2D eigenvalue weighted by atomic mass is 10.1. The van der Waals surface area contributed by atoms with Crippen molar-refractivity contribution >= 4 is 5.91 Å². The summed E-state index contributed by atoms with van der Waals surface area (Å²) in [5, 5.41) is 6.84. The van der Waals surface area contributed by atoms with Gasteiger partial charge in [0.1, 0.15) is 18.1 Å². The van der Waals surface area contributed by atoms with Crippen LogP contribution in [0.5, 0.6) is 5.75 Å². The maximum absolute atomic E-state index is 12.2. The Bertz CT molecular complexity index is 835. The molecule has 0 bridgehead atoms. The highest BCUT2D eigenvalue weighted by molar-refractivity contribution is 5.94. The van der Waals surface area contributed by atoms with Gasteiger partial charge in [-0.15, -0.1) is 0 Å². The van der Waals surface area contributed by atoms with Crippen molar-refractivity contribution < 1.29 is 14.1 Å². The van der Waals surface area contributed by atoms with Crippen LogP contribution in [0.1, 0.15) is 32.9 Å². The zero-order chi connectivity index (χ0) is 18.4. The van der Waals surface area contributed by atoms with E-state index in [9.17, 15) is 4.79 Å². The number of aromatic nitrogens is 1. The van der Waals surface area contributed by atoms with E-state index in [2.05, 4.69) is 22.6 Å². The molecular weight excluding hydrogens is 328 g/mol. The highest BCUT2D eigenvalue weighted by Crippen LogP contribution is 2.18. The molecule has 2 aromatic carbocycles. The first-order valence-electron chi connectivity index (χ1n) is 8.60. The van der Waals surface area contributed by atoms with Gasteiger partial charge in [0.15, 0.2) is 0 Å². The fourth-order valence-corrected chi connectivity index (χ4v) is 2.63. The molecule has 0 fully saturated rings. The topological polar surface area (TPSA) is 64.4 Å². The van der Waals surface area contributed by atoms with E-state index in [1.165, 1.54) is 5.56 Å². The number of amides is 1. The summed E-state index contributed by atoms with van der Waals surface area (Å²) in [5.41, 5.74) is 3.60. The highest BCUT2D eigenvalue weighted by Gasteiger charge is 2.10. The molecule has 1 heterocycles. The van der Waals surface area contributed by atoms with Crippen molar-refractivity contribution in [1.29, 1.82) is 0 Å². The van der Waals surface area contributed by atoms with E-state index in [4.69, 9.17) is 9.26 Å². The first kappa shape index (κ1) is 17.7. The standard InChI is InChI=1S/C21H22N2O3/c1-15-20(16(2)26-23-15)14-25-19-10-8-18(9-11-19)21(24)22-13-12-17-6-4-3-5-7-17/h3-11H,12-14H2,1-2H3,(H,22,24). The Labute approximate surface area is 153 Å². The van der Waals surface area contributed by atoms with Gasteiger partial charge in [-0.25, -0.2) is 0 Å². The third-order valence-electron chi connectivity index (χ3n) is 4.22. The van der Waals surface area contributed by atoms with Crippen LogP contribution in [0.15, 0.2) is 59.1 Å². The van der Waals surface area contributed by atoms with Crippen LogP contribution in [0.25, 0.3) is 0 Å². The van der Waals surface area contributed by atoms with E-state index in [1.54, 1.807) is 24.3 Å². The summed E-state index contributed by atoms with van der Waals surface area (Å²) in [7, 11) is 0. The molecular formula is C21H22N2O3. The number of hydrogen-bond donors (Lipinski definition) is 1. The van der Waals surface area contributed by atoms with Crippen molar-refractivity contribution in [3.8, 4) is 5.75 Å². The third kappa shape index (κ3) is 4.51. The second-order valence-corrected chi connectivity index (χ2v) is 6.11. The Morgan fingerprint density at radius 3 is 2.46 bits per heavy atom. The minimum atomic E-state index is -0.0850. The molecule has 5 heteroatoms. The summed E-state index contributed by atoms with van der Waals surface area (Å²) in [6.45, 7) is 4.75. The average molecular weight is 350 g/mol. The molecule has 0 aliphatic rings. The molecule has 1 amide bonds. The van der Waals surface area contributed by atoms with E-state index in [-0.39, 0.29) is 5.91 Å². The van der Waals surface area contributed by atoms with Crippen LogP contribution in [0.4, 0.5) is 0 Å². The number of aryl methyl sites for hydroxylation is 2. The molecule has 134 valence electrons. The molecule has 0 atom stereocenters. The zero-order valence-corrected chi connectivity index (χ0v) is 15.0.